The van der Waals surface area contributed by atoms with Gasteiger partial charge in [0, 0.05) is 12.5 Å². The van der Waals surface area contributed by atoms with Gasteiger partial charge in [-0.1, -0.05) is 13.3 Å². The van der Waals surface area contributed by atoms with Crippen molar-refractivity contribution < 1.29 is 9.53 Å². The average molecular weight is 310 g/mol. The van der Waals surface area contributed by atoms with Crippen LogP contribution in [0.25, 0.3) is 0 Å². The molecule has 0 aromatic rings. The number of nitrogens with zero attached hydrogens (tertiary/aromatic N) is 2. The normalized spacial score (nSPS) is 22.8. The fourth-order valence-electron chi connectivity index (χ4n) is 3.69. The van der Waals surface area contributed by atoms with Crippen molar-refractivity contribution in [3.05, 3.63) is 0 Å². The van der Waals surface area contributed by atoms with Gasteiger partial charge in [0.25, 0.3) is 0 Å². The highest BCUT2D eigenvalue weighted by Crippen LogP contribution is 2.26. The molecule has 128 valence electrons. The van der Waals surface area contributed by atoms with Crippen molar-refractivity contribution in [1.29, 1.82) is 0 Å². The fourth-order valence-corrected chi connectivity index (χ4v) is 3.69. The molecule has 4 nitrogen and oxygen atoms in total. The summed E-state index contributed by atoms with van der Waals surface area (Å²) >= 11 is 0. The van der Waals surface area contributed by atoms with Crippen LogP contribution < -0.4 is 0 Å². The first-order valence-corrected chi connectivity index (χ1v) is 9.27. The lowest BCUT2D eigenvalue weighted by atomic mass is 9.90. The van der Waals surface area contributed by atoms with Crippen LogP contribution in [0.4, 0.5) is 0 Å². The molecular formula is C18H34N2O2. The molecule has 0 radical (unpaired) electrons. The number of likely N-dealkylation sites (tertiary alicyclic amines) is 2. The smallest absolute Gasteiger partial charge is 0.305 e. The molecule has 2 aliphatic rings. The molecule has 0 aliphatic carbocycles. The van der Waals surface area contributed by atoms with Gasteiger partial charge in [-0.3, -0.25) is 4.79 Å². The van der Waals surface area contributed by atoms with E-state index in [2.05, 4.69) is 23.8 Å². The Morgan fingerprint density at radius 1 is 1.09 bits per heavy atom. The number of esters is 1. The molecule has 2 fully saturated rings. The third-order valence-electron chi connectivity index (χ3n) is 5.37. The van der Waals surface area contributed by atoms with Crippen LogP contribution in [0.2, 0.25) is 0 Å². The zero-order valence-corrected chi connectivity index (χ0v) is 14.6. The highest BCUT2D eigenvalue weighted by atomic mass is 16.5. The van der Waals surface area contributed by atoms with Crippen molar-refractivity contribution in [3.63, 3.8) is 0 Å². The lowest BCUT2D eigenvalue weighted by Gasteiger charge is -2.41. The second kappa shape index (κ2) is 9.51. The maximum Gasteiger partial charge on any atom is 0.305 e. The van der Waals surface area contributed by atoms with Crippen LogP contribution in [0, 0.1) is 5.92 Å². The Balaban J connectivity index is 1.58. The molecule has 2 rings (SSSR count). The Bertz CT molecular complexity index is 319. The second-order valence-corrected chi connectivity index (χ2v) is 7.13. The quantitative estimate of drug-likeness (QED) is 0.535. The molecule has 0 aromatic heterocycles. The number of carbonyl (C=O) groups excluding carboxylic acids is 1. The van der Waals surface area contributed by atoms with Gasteiger partial charge < -0.3 is 14.5 Å². The molecule has 0 unspecified atom stereocenters. The third-order valence-corrected chi connectivity index (χ3v) is 5.37. The van der Waals surface area contributed by atoms with E-state index in [0.29, 0.717) is 13.0 Å². The first kappa shape index (κ1) is 17.7. The van der Waals surface area contributed by atoms with Crippen LogP contribution in [0.1, 0.15) is 58.3 Å². The summed E-state index contributed by atoms with van der Waals surface area (Å²) in [6.07, 6.45) is 8.87. The number of ether oxygens (including phenoxy) is 1. The standard InChI is InChI=1S/C18H34N2O2/c1-3-4-15-22-18(21)6-5-16-7-13-20(14-8-16)17-9-11-19(2)12-10-17/h16-17H,3-15H2,1-2H3. The monoisotopic (exact) mass is 310 g/mol. The Hall–Kier alpha value is -0.610. The van der Waals surface area contributed by atoms with E-state index in [9.17, 15) is 4.79 Å². The van der Waals surface area contributed by atoms with Crippen LogP contribution >= 0.6 is 0 Å². The van der Waals surface area contributed by atoms with Crippen molar-refractivity contribution >= 4 is 5.97 Å². The number of rotatable bonds is 7. The predicted molar refractivity (Wildman–Crippen MR) is 89.9 cm³/mol. The second-order valence-electron chi connectivity index (χ2n) is 7.13. The molecule has 2 saturated heterocycles. The summed E-state index contributed by atoms with van der Waals surface area (Å²) in [5.41, 5.74) is 0. The molecule has 4 heteroatoms. The summed E-state index contributed by atoms with van der Waals surface area (Å²) in [5.74, 6) is 0.729. The molecular weight excluding hydrogens is 276 g/mol. The van der Waals surface area contributed by atoms with Crippen molar-refractivity contribution in [1.82, 2.24) is 9.80 Å². The number of piperidine rings is 2. The fraction of sp³-hybridized carbons (Fsp3) is 0.944. The van der Waals surface area contributed by atoms with E-state index < -0.39 is 0 Å². The molecule has 0 atom stereocenters. The topological polar surface area (TPSA) is 32.8 Å². The van der Waals surface area contributed by atoms with Crippen molar-refractivity contribution in [2.24, 2.45) is 5.92 Å². The zero-order valence-electron chi connectivity index (χ0n) is 14.6. The SMILES string of the molecule is CCCCOC(=O)CCC1CCN(C2CCN(C)CC2)CC1. The lowest BCUT2D eigenvalue weighted by Crippen LogP contribution is -2.46. The van der Waals surface area contributed by atoms with Gasteiger partial charge in [0.05, 0.1) is 6.61 Å². The summed E-state index contributed by atoms with van der Waals surface area (Å²) in [6.45, 7) is 7.66. The molecule has 2 heterocycles. The van der Waals surface area contributed by atoms with Gasteiger partial charge >= 0.3 is 5.97 Å². The van der Waals surface area contributed by atoms with E-state index in [1.54, 1.807) is 0 Å². The molecule has 2 aliphatic heterocycles. The Morgan fingerprint density at radius 3 is 2.41 bits per heavy atom. The number of unbranched alkanes of at least 4 members (excludes halogenated alkanes) is 1. The lowest BCUT2D eigenvalue weighted by molar-refractivity contribution is -0.144. The van der Waals surface area contributed by atoms with Crippen LogP contribution in [0.5, 0.6) is 0 Å². The van der Waals surface area contributed by atoms with E-state index in [0.717, 1.165) is 31.2 Å². The first-order valence-electron chi connectivity index (χ1n) is 9.27. The zero-order chi connectivity index (χ0) is 15.8. The van der Waals surface area contributed by atoms with Gasteiger partial charge in [-0.15, -0.1) is 0 Å². The minimum atomic E-state index is 0.00574. The van der Waals surface area contributed by atoms with Crippen molar-refractivity contribution in [2.45, 2.75) is 64.3 Å². The van der Waals surface area contributed by atoms with Gasteiger partial charge in [0.1, 0.15) is 0 Å². The van der Waals surface area contributed by atoms with Crippen LogP contribution in [-0.4, -0.2) is 61.6 Å². The largest absolute Gasteiger partial charge is 0.466 e. The summed E-state index contributed by atoms with van der Waals surface area (Å²) in [4.78, 5) is 16.8. The maximum absolute atomic E-state index is 11.7. The van der Waals surface area contributed by atoms with Crippen molar-refractivity contribution in [2.75, 3.05) is 39.8 Å². The number of carbonyl (C=O) groups is 1. The molecule has 0 aromatic carbocycles. The van der Waals surface area contributed by atoms with E-state index in [4.69, 9.17) is 4.74 Å². The van der Waals surface area contributed by atoms with E-state index in [1.165, 1.54) is 51.9 Å². The minimum absolute atomic E-state index is 0.00574. The van der Waals surface area contributed by atoms with Crippen LogP contribution in [0.3, 0.4) is 0 Å². The molecule has 22 heavy (non-hydrogen) atoms. The summed E-state index contributed by atoms with van der Waals surface area (Å²) in [5, 5.41) is 0. The summed E-state index contributed by atoms with van der Waals surface area (Å²) in [6, 6.07) is 0.802. The van der Waals surface area contributed by atoms with E-state index in [-0.39, 0.29) is 5.97 Å². The van der Waals surface area contributed by atoms with E-state index in [1.807, 2.05) is 0 Å². The van der Waals surface area contributed by atoms with Gasteiger partial charge in [-0.25, -0.2) is 0 Å². The summed E-state index contributed by atoms with van der Waals surface area (Å²) in [7, 11) is 2.22. The summed E-state index contributed by atoms with van der Waals surface area (Å²) < 4.78 is 5.25. The van der Waals surface area contributed by atoms with Gasteiger partial charge in [0.2, 0.25) is 0 Å². The average Bonchev–Trinajstić information content (AvgIpc) is 2.54. The highest BCUT2D eigenvalue weighted by molar-refractivity contribution is 5.69. The van der Waals surface area contributed by atoms with Crippen molar-refractivity contribution in [3.8, 4) is 0 Å². The highest BCUT2D eigenvalue weighted by Gasteiger charge is 2.27. The Morgan fingerprint density at radius 2 is 1.77 bits per heavy atom. The minimum Gasteiger partial charge on any atom is -0.466 e. The first-order chi connectivity index (χ1) is 10.7. The number of hydrogen-bond donors (Lipinski definition) is 0. The molecule has 0 amide bonds. The molecule has 0 N–H and O–H groups in total. The van der Waals surface area contributed by atoms with Crippen LogP contribution in [-0.2, 0) is 9.53 Å². The van der Waals surface area contributed by atoms with E-state index >= 15 is 0 Å². The van der Waals surface area contributed by atoms with Gasteiger partial charge in [-0.05, 0) is 77.7 Å². The maximum atomic E-state index is 11.7. The Kier molecular flexibility index (Phi) is 7.67. The molecule has 0 bridgehead atoms. The Labute approximate surface area is 136 Å². The van der Waals surface area contributed by atoms with Crippen LogP contribution in [0.15, 0.2) is 0 Å². The van der Waals surface area contributed by atoms with Gasteiger partial charge in [-0.2, -0.15) is 0 Å². The molecule has 0 saturated carbocycles. The predicted octanol–water partition coefficient (Wildman–Crippen LogP) is 2.92. The third kappa shape index (κ3) is 5.88. The molecule has 0 spiro atoms. The van der Waals surface area contributed by atoms with Gasteiger partial charge in [0.15, 0.2) is 0 Å². The number of hydrogen-bond acceptors (Lipinski definition) is 4.